The monoisotopic (exact) mass is 330 g/mol. The molecule has 0 fully saturated rings. The van der Waals surface area contributed by atoms with Crippen molar-refractivity contribution >= 4 is 11.6 Å². The van der Waals surface area contributed by atoms with E-state index >= 15 is 0 Å². The van der Waals surface area contributed by atoms with Gasteiger partial charge in [-0.2, -0.15) is 0 Å². The van der Waals surface area contributed by atoms with Crippen molar-refractivity contribution in [2.24, 2.45) is 0 Å². The van der Waals surface area contributed by atoms with Crippen LogP contribution in [0.4, 0.5) is 0 Å². The van der Waals surface area contributed by atoms with Crippen molar-refractivity contribution in [1.29, 1.82) is 0 Å². The van der Waals surface area contributed by atoms with Crippen molar-refractivity contribution in [3.05, 3.63) is 71.8 Å². The predicted octanol–water partition coefficient (Wildman–Crippen LogP) is 6.84. The number of allylic oxidation sites excluding steroid dienone is 4. The molecule has 0 saturated carbocycles. The van der Waals surface area contributed by atoms with Gasteiger partial charge in [0, 0.05) is 22.3 Å². The summed E-state index contributed by atoms with van der Waals surface area (Å²) in [6.45, 7) is 23.1. The van der Waals surface area contributed by atoms with E-state index < -0.39 is 0 Å². The fourth-order valence-corrected chi connectivity index (χ4v) is 1.82. The molecule has 0 amide bonds. The number of carbonyl (C=O) groups is 2. The molecule has 2 rings (SSSR count). The maximum absolute atomic E-state index is 12.0. The Labute approximate surface area is 149 Å². The van der Waals surface area contributed by atoms with Crippen LogP contribution in [0.5, 0.6) is 0 Å². The minimum atomic E-state index is -0.167. The lowest BCUT2D eigenvalue weighted by molar-refractivity contribution is 0.0980. The predicted molar refractivity (Wildman–Crippen MR) is 108 cm³/mol. The molecule has 1 aliphatic rings. The molecule has 0 heterocycles. The summed E-state index contributed by atoms with van der Waals surface area (Å²) in [6, 6.07) is 6.78. The van der Waals surface area contributed by atoms with Crippen molar-refractivity contribution in [3.8, 4) is 0 Å². The number of benzene rings is 1. The van der Waals surface area contributed by atoms with Crippen LogP contribution in [0.15, 0.2) is 60.7 Å². The summed E-state index contributed by atoms with van der Waals surface area (Å²) in [4.78, 5) is 24.1. The van der Waals surface area contributed by atoms with E-state index in [1.165, 1.54) is 12.2 Å². The van der Waals surface area contributed by atoms with Crippen LogP contribution in [0.2, 0.25) is 0 Å². The topological polar surface area (TPSA) is 34.1 Å². The lowest BCUT2D eigenvalue weighted by Gasteiger charge is -2.16. The summed E-state index contributed by atoms with van der Waals surface area (Å²) >= 11 is 0. The molecule has 1 aromatic carbocycles. The van der Waals surface area contributed by atoms with Crippen molar-refractivity contribution in [1.82, 2.24) is 0 Å². The second kappa shape index (κ2) is 17.1. The second-order valence-electron chi connectivity index (χ2n) is 3.44. The molecule has 0 spiro atoms. The van der Waals surface area contributed by atoms with Crippen LogP contribution in [0.3, 0.4) is 0 Å². The van der Waals surface area contributed by atoms with Gasteiger partial charge in [-0.05, 0) is 0 Å². The van der Waals surface area contributed by atoms with Gasteiger partial charge in [0.1, 0.15) is 0 Å². The average Bonchev–Trinajstić information content (AvgIpc) is 2.70. The van der Waals surface area contributed by atoms with E-state index in [1.807, 2.05) is 55.4 Å². The van der Waals surface area contributed by atoms with Gasteiger partial charge in [-0.1, -0.05) is 105 Å². The molecule has 0 unspecified atom stereocenters. The minimum absolute atomic E-state index is 0.167. The number of Topliss-reactive ketones (excluding diaryl/α,β-unsaturated/α-hetero) is 2. The van der Waals surface area contributed by atoms with Crippen LogP contribution in [0, 0.1) is 0 Å². The highest BCUT2D eigenvalue weighted by atomic mass is 16.1. The van der Waals surface area contributed by atoms with Crippen molar-refractivity contribution in [2.75, 3.05) is 0 Å². The first-order valence-corrected chi connectivity index (χ1v) is 8.88. The van der Waals surface area contributed by atoms with E-state index in [4.69, 9.17) is 0 Å². The second-order valence-corrected chi connectivity index (χ2v) is 3.44. The molecular formula is C22H34O2. The van der Waals surface area contributed by atoms with E-state index in [0.717, 1.165) is 0 Å². The lowest BCUT2D eigenvalue weighted by Crippen LogP contribution is -2.20. The number of hydrogen-bond acceptors (Lipinski definition) is 2. The molecule has 24 heavy (non-hydrogen) atoms. The SMILES string of the molecule is C=CC1=C(C=C)C(=O)c2ccccc2C1=O.CC.CC.CC.CC. The third kappa shape index (κ3) is 6.49. The van der Waals surface area contributed by atoms with Crippen LogP contribution >= 0.6 is 0 Å². The first-order chi connectivity index (χ1) is 11.7. The van der Waals surface area contributed by atoms with Crippen LogP contribution in [0.25, 0.3) is 0 Å². The number of rotatable bonds is 2. The Morgan fingerprint density at radius 2 is 0.875 bits per heavy atom. The molecule has 134 valence electrons. The molecule has 2 heteroatoms. The van der Waals surface area contributed by atoms with Crippen LogP contribution in [0.1, 0.15) is 76.1 Å². The maximum atomic E-state index is 12.0. The molecule has 0 saturated heterocycles. The number of hydrogen-bond donors (Lipinski definition) is 0. The Balaban J connectivity index is -0.000000484. The number of fused-ring (bicyclic) bond motifs is 1. The van der Waals surface area contributed by atoms with Gasteiger partial charge < -0.3 is 0 Å². The third-order valence-corrected chi connectivity index (χ3v) is 2.60. The molecule has 0 radical (unpaired) electrons. The highest BCUT2D eigenvalue weighted by molar-refractivity contribution is 6.28. The van der Waals surface area contributed by atoms with E-state index in [-0.39, 0.29) is 11.6 Å². The third-order valence-electron chi connectivity index (χ3n) is 2.60. The minimum Gasteiger partial charge on any atom is -0.289 e. The van der Waals surface area contributed by atoms with E-state index in [0.29, 0.717) is 22.3 Å². The quantitative estimate of drug-likeness (QED) is 0.595. The van der Waals surface area contributed by atoms with Gasteiger partial charge in [0.25, 0.3) is 0 Å². The smallest absolute Gasteiger partial charge is 0.194 e. The van der Waals surface area contributed by atoms with Crippen molar-refractivity contribution < 1.29 is 9.59 Å². The molecule has 0 aromatic heterocycles. The Hall–Kier alpha value is -2.22. The Bertz CT molecular complexity index is 500. The standard InChI is InChI=1S/C14H10O2.4C2H6/c1-3-9-10(4-2)14(16)12-8-6-5-7-11(12)13(9)15;4*1-2/h3-8H,1-2H2;4*1-2H3. The maximum Gasteiger partial charge on any atom is 0.194 e. The number of ketones is 2. The van der Waals surface area contributed by atoms with Crippen molar-refractivity contribution in [3.63, 3.8) is 0 Å². The average molecular weight is 331 g/mol. The normalized spacial score (nSPS) is 10.8. The zero-order valence-corrected chi connectivity index (χ0v) is 16.7. The molecule has 1 aliphatic carbocycles. The summed E-state index contributed by atoms with van der Waals surface area (Å²) in [6.07, 6.45) is 2.82. The first-order valence-electron chi connectivity index (χ1n) is 8.88. The summed E-state index contributed by atoms with van der Waals surface area (Å²) in [5.41, 5.74) is 1.54. The van der Waals surface area contributed by atoms with Gasteiger partial charge in [-0.3, -0.25) is 9.59 Å². The zero-order valence-electron chi connectivity index (χ0n) is 16.7. The zero-order chi connectivity index (χ0) is 19.7. The van der Waals surface area contributed by atoms with E-state index in [1.54, 1.807) is 24.3 Å². The van der Waals surface area contributed by atoms with Crippen LogP contribution in [-0.4, -0.2) is 11.6 Å². The van der Waals surface area contributed by atoms with Gasteiger partial charge in [-0.15, -0.1) is 0 Å². The molecule has 0 aliphatic heterocycles. The Kier molecular flexibility index (Phi) is 19.0. The first kappa shape index (κ1) is 26.7. The van der Waals surface area contributed by atoms with Crippen LogP contribution in [-0.2, 0) is 0 Å². The summed E-state index contributed by atoms with van der Waals surface area (Å²) in [5.74, 6) is -0.333. The molecule has 0 atom stereocenters. The summed E-state index contributed by atoms with van der Waals surface area (Å²) in [5, 5.41) is 0. The summed E-state index contributed by atoms with van der Waals surface area (Å²) in [7, 11) is 0. The molecule has 2 nitrogen and oxygen atoms in total. The van der Waals surface area contributed by atoms with Crippen molar-refractivity contribution in [2.45, 2.75) is 55.4 Å². The van der Waals surface area contributed by atoms with E-state index in [2.05, 4.69) is 13.2 Å². The Morgan fingerprint density at radius 3 is 1.08 bits per heavy atom. The van der Waals surface area contributed by atoms with Crippen LogP contribution < -0.4 is 0 Å². The molecule has 0 bridgehead atoms. The lowest BCUT2D eigenvalue weighted by atomic mass is 9.84. The van der Waals surface area contributed by atoms with Gasteiger partial charge in [0.05, 0.1) is 0 Å². The van der Waals surface area contributed by atoms with E-state index in [9.17, 15) is 9.59 Å². The Morgan fingerprint density at radius 1 is 0.625 bits per heavy atom. The highest BCUT2D eigenvalue weighted by Crippen LogP contribution is 2.27. The van der Waals surface area contributed by atoms with Gasteiger partial charge in [-0.25, -0.2) is 0 Å². The molecular weight excluding hydrogens is 296 g/mol. The van der Waals surface area contributed by atoms with Gasteiger partial charge in [0.2, 0.25) is 0 Å². The summed E-state index contributed by atoms with van der Waals surface area (Å²) < 4.78 is 0. The highest BCUT2D eigenvalue weighted by Gasteiger charge is 2.28. The fourth-order valence-electron chi connectivity index (χ4n) is 1.82. The largest absolute Gasteiger partial charge is 0.289 e. The fraction of sp³-hybridized carbons (Fsp3) is 0.364. The number of carbonyl (C=O) groups excluding carboxylic acids is 2. The van der Waals surface area contributed by atoms with Gasteiger partial charge in [0.15, 0.2) is 11.6 Å². The molecule has 1 aromatic rings. The molecule has 0 N–H and O–H groups in total. The van der Waals surface area contributed by atoms with Gasteiger partial charge >= 0.3 is 0 Å².